The third-order valence-corrected chi connectivity index (χ3v) is 5.09. The highest BCUT2D eigenvalue weighted by atomic mass is 16.3. The highest BCUT2D eigenvalue weighted by Crippen LogP contribution is 2.33. The average molecular weight is 325 g/mol. The van der Waals surface area contributed by atoms with Crippen LogP contribution in [0.1, 0.15) is 42.5 Å². The van der Waals surface area contributed by atoms with Gasteiger partial charge in [-0.1, -0.05) is 61.5 Å². The molecule has 3 rings (SSSR count). The van der Waals surface area contributed by atoms with E-state index in [1.807, 2.05) is 61.5 Å². The lowest BCUT2D eigenvalue weighted by Gasteiger charge is -2.31. The van der Waals surface area contributed by atoms with Crippen molar-refractivity contribution < 1.29 is 15.0 Å². The summed E-state index contributed by atoms with van der Waals surface area (Å²) in [5.74, 6) is -0.841. The lowest BCUT2D eigenvalue weighted by molar-refractivity contribution is -0.141. The Morgan fingerprint density at radius 3 is 2.50 bits per heavy atom. The zero-order valence-electron chi connectivity index (χ0n) is 13.9. The SMILES string of the molecule is CC(c1ccccc1)C(C)(O)C(=O)N[C@@H]1c2ccccc2C[C@@H]1O. The van der Waals surface area contributed by atoms with Crippen LogP contribution >= 0.6 is 0 Å². The molecule has 4 nitrogen and oxygen atoms in total. The number of aliphatic hydroxyl groups is 2. The molecular formula is C20H23NO3. The van der Waals surface area contributed by atoms with Crippen LogP contribution < -0.4 is 5.32 Å². The Morgan fingerprint density at radius 2 is 1.79 bits per heavy atom. The smallest absolute Gasteiger partial charge is 0.252 e. The lowest BCUT2D eigenvalue weighted by Crippen LogP contribution is -2.50. The molecule has 0 bridgehead atoms. The van der Waals surface area contributed by atoms with Gasteiger partial charge in [-0.05, 0) is 23.6 Å². The van der Waals surface area contributed by atoms with Crippen LogP contribution in [0.5, 0.6) is 0 Å². The average Bonchev–Trinajstić information content (AvgIpc) is 2.90. The lowest BCUT2D eigenvalue weighted by atomic mass is 9.84. The van der Waals surface area contributed by atoms with Gasteiger partial charge in [-0.25, -0.2) is 0 Å². The van der Waals surface area contributed by atoms with Gasteiger partial charge in [0.25, 0.3) is 5.91 Å². The zero-order valence-corrected chi connectivity index (χ0v) is 13.9. The third-order valence-electron chi connectivity index (χ3n) is 5.09. The molecule has 3 N–H and O–H groups in total. The summed E-state index contributed by atoms with van der Waals surface area (Å²) < 4.78 is 0. The van der Waals surface area contributed by atoms with Crippen molar-refractivity contribution in [2.45, 2.75) is 43.9 Å². The highest BCUT2D eigenvalue weighted by molar-refractivity contribution is 5.86. The summed E-state index contributed by atoms with van der Waals surface area (Å²) in [6.07, 6.45) is -0.161. The number of fused-ring (bicyclic) bond motifs is 1. The number of rotatable bonds is 4. The van der Waals surface area contributed by atoms with E-state index in [0.717, 1.165) is 16.7 Å². The Labute approximate surface area is 142 Å². The topological polar surface area (TPSA) is 69.6 Å². The van der Waals surface area contributed by atoms with E-state index in [1.54, 1.807) is 0 Å². The summed E-state index contributed by atoms with van der Waals surface area (Å²) >= 11 is 0. The van der Waals surface area contributed by atoms with E-state index in [1.165, 1.54) is 6.92 Å². The van der Waals surface area contributed by atoms with Crippen molar-refractivity contribution in [2.24, 2.45) is 0 Å². The largest absolute Gasteiger partial charge is 0.390 e. The molecular weight excluding hydrogens is 302 g/mol. The molecule has 0 fully saturated rings. The first kappa shape index (κ1) is 16.7. The molecule has 1 aliphatic rings. The minimum Gasteiger partial charge on any atom is -0.390 e. The van der Waals surface area contributed by atoms with Gasteiger partial charge in [0.05, 0.1) is 12.1 Å². The number of amides is 1. The molecule has 0 aromatic heterocycles. The molecule has 24 heavy (non-hydrogen) atoms. The van der Waals surface area contributed by atoms with E-state index < -0.39 is 23.7 Å². The Morgan fingerprint density at radius 1 is 1.17 bits per heavy atom. The minimum absolute atomic E-state index is 0.368. The summed E-state index contributed by atoms with van der Waals surface area (Å²) in [6.45, 7) is 3.35. The molecule has 1 aliphatic carbocycles. The van der Waals surface area contributed by atoms with Crippen molar-refractivity contribution in [1.82, 2.24) is 5.32 Å². The second kappa shape index (κ2) is 6.38. The van der Waals surface area contributed by atoms with Crippen molar-refractivity contribution in [1.29, 1.82) is 0 Å². The number of benzene rings is 2. The van der Waals surface area contributed by atoms with Gasteiger partial charge in [0.1, 0.15) is 5.60 Å². The van der Waals surface area contributed by atoms with Crippen LogP contribution in [-0.4, -0.2) is 27.8 Å². The molecule has 2 unspecified atom stereocenters. The first-order valence-corrected chi connectivity index (χ1v) is 8.25. The molecule has 1 amide bonds. The zero-order chi connectivity index (χ0) is 17.3. The molecule has 0 saturated carbocycles. The Hall–Kier alpha value is -2.17. The van der Waals surface area contributed by atoms with Crippen molar-refractivity contribution in [3.63, 3.8) is 0 Å². The van der Waals surface area contributed by atoms with Gasteiger partial charge >= 0.3 is 0 Å². The summed E-state index contributed by atoms with van der Waals surface area (Å²) in [6, 6.07) is 16.6. The third kappa shape index (κ3) is 2.95. The number of nitrogens with one attached hydrogen (secondary N) is 1. The molecule has 4 atom stereocenters. The molecule has 2 aromatic rings. The van der Waals surface area contributed by atoms with Gasteiger partial charge in [-0.2, -0.15) is 0 Å². The molecule has 0 radical (unpaired) electrons. The molecule has 0 saturated heterocycles. The van der Waals surface area contributed by atoms with Gasteiger partial charge in [0, 0.05) is 12.3 Å². The highest BCUT2D eigenvalue weighted by Gasteiger charge is 2.41. The predicted octanol–water partition coefficient (Wildman–Crippen LogP) is 2.32. The Kier molecular flexibility index (Phi) is 4.43. The van der Waals surface area contributed by atoms with Crippen LogP contribution in [0.4, 0.5) is 0 Å². The van der Waals surface area contributed by atoms with Crippen LogP contribution in [0, 0.1) is 0 Å². The van der Waals surface area contributed by atoms with Crippen LogP contribution in [0.2, 0.25) is 0 Å². The maximum Gasteiger partial charge on any atom is 0.252 e. The van der Waals surface area contributed by atoms with Gasteiger partial charge in [0.15, 0.2) is 0 Å². The molecule has 0 heterocycles. The van der Waals surface area contributed by atoms with Gasteiger partial charge in [-0.15, -0.1) is 0 Å². The fourth-order valence-corrected chi connectivity index (χ4v) is 3.30. The van der Waals surface area contributed by atoms with E-state index in [4.69, 9.17) is 0 Å². The second-order valence-corrected chi connectivity index (χ2v) is 6.70. The van der Waals surface area contributed by atoms with Gasteiger partial charge < -0.3 is 15.5 Å². The normalized spacial score (nSPS) is 23.2. The van der Waals surface area contributed by atoms with E-state index in [2.05, 4.69) is 5.32 Å². The van der Waals surface area contributed by atoms with E-state index in [0.29, 0.717) is 6.42 Å². The molecule has 0 aliphatic heterocycles. The van der Waals surface area contributed by atoms with E-state index in [-0.39, 0.29) is 5.92 Å². The van der Waals surface area contributed by atoms with E-state index in [9.17, 15) is 15.0 Å². The van der Waals surface area contributed by atoms with Crippen molar-refractivity contribution in [2.75, 3.05) is 0 Å². The first-order chi connectivity index (χ1) is 11.4. The standard InChI is InChI=1S/C20H23NO3/c1-13(14-8-4-3-5-9-14)20(2,24)19(23)21-18-16-11-7-6-10-15(16)12-17(18)22/h3-11,13,17-18,22,24H,12H2,1-2H3,(H,21,23)/t13?,17-,18+,20?/m0/s1. The van der Waals surface area contributed by atoms with Crippen LogP contribution in [0.15, 0.2) is 54.6 Å². The molecule has 4 heteroatoms. The summed E-state index contributed by atoms with van der Waals surface area (Å²) in [5, 5.41) is 23.9. The minimum atomic E-state index is -1.57. The number of carbonyl (C=O) groups is 1. The Bertz CT molecular complexity index is 727. The van der Waals surface area contributed by atoms with Crippen molar-refractivity contribution in [3.05, 3.63) is 71.3 Å². The molecule has 0 spiro atoms. The molecule has 2 aromatic carbocycles. The van der Waals surface area contributed by atoms with Crippen LogP contribution in [-0.2, 0) is 11.2 Å². The van der Waals surface area contributed by atoms with Gasteiger partial charge in [0.2, 0.25) is 0 Å². The maximum atomic E-state index is 12.7. The predicted molar refractivity (Wildman–Crippen MR) is 92.5 cm³/mol. The van der Waals surface area contributed by atoms with E-state index >= 15 is 0 Å². The monoisotopic (exact) mass is 325 g/mol. The second-order valence-electron chi connectivity index (χ2n) is 6.70. The van der Waals surface area contributed by atoms with Crippen LogP contribution in [0.25, 0.3) is 0 Å². The number of carbonyl (C=O) groups excluding carboxylic acids is 1. The fourth-order valence-electron chi connectivity index (χ4n) is 3.30. The quantitative estimate of drug-likeness (QED) is 0.808. The molecule has 126 valence electrons. The van der Waals surface area contributed by atoms with Crippen LogP contribution in [0.3, 0.4) is 0 Å². The number of hydrogen-bond acceptors (Lipinski definition) is 3. The summed E-state index contributed by atoms with van der Waals surface area (Å²) in [5.41, 5.74) is 1.27. The number of aliphatic hydroxyl groups excluding tert-OH is 1. The van der Waals surface area contributed by atoms with Crippen molar-refractivity contribution >= 4 is 5.91 Å². The summed E-state index contributed by atoms with van der Waals surface area (Å²) in [7, 11) is 0. The first-order valence-electron chi connectivity index (χ1n) is 8.25. The summed E-state index contributed by atoms with van der Waals surface area (Å²) in [4.78, 5) is 12.7. The Balaban J connectivity index is 1.79. The van der Waals surface area contributed by atoms with Gasteiger partial charge in [-0.3, -0.25) is 4.79 Å². The maximum absolute atomic E-state index is 12.7. The number of hydrogen-bond donors (Lipinski definition) is 3. The van der Waals surface area contributed by atoms with Crippen molar-refractivity contribution in [3.8, 4) is 0 Å². The fraction of sp³-hybridized carbons (Fsp3) is 0.350.